The van der Waals surface area contributed by atoms with Crippen LogP contribution >= 0.6 is 0 Å². The van der Waals surface area contributed by atoms with Crippen LogP contribution in [-0.2, 0) is 4.74 Å². The lowest BCUT2D eigenvalue weighted by molar-refractivity contribution is 0.0687. The number of aliphatic imine (C=N–C) groups is 1. The molecule has 0 radical (unpaired) electrons. The Morgan fingerprint density at radius 1 is 1.46 bits per heavy atom. The summed E-state index contributed by atoms with van der Waals surface area (Å²) in [5.41, 5.74) is 6.49. The van der Waals surface area contributed by atoms with Gasteiger partial charge in [-0.3, -0.25) is 4.99 Å². The second-order valence-corrected chi connectivity index (χ2v) is 6.37. The third kappa shape index (κ3) is 4.03. The first kappa shape index (κ1) is 16.7. The predicted molar refractivity (Wildman–Crippen MR) is 89.9 cm³/mol. The van der Waals surface area contributed by atoms with Crippen LogP contribution in [0.25, 0.3) is 0 Å². The van der Waals surface area contributed by atoms with E-state index >= 15 is 0 Å². The van der Waals surface area contributed by atoms with Crippen LogP contribution in [0.4, 0.5) is 5.82 Å². The number of carboxylic acids is 1. The summed E-state index contributed by atoms with van der Waals surface area (Å²) in [7, 11) is 0. The van der Waals surface area contributed by atoms with E-state index in [1.165, 1.54) is 6.07 Å². The fraction of sp³-hybridized carbons (Fsp3) is 0.588. The molecule has 24 heavy (non-hydrogen) atoms. The molecule has 0 spiro atoms. The second kappa shape index (κ2) is 7.61. The predicted octanol–water partition coefficient (Wildman–Crippen LogP) is 2.14. The van der Waals surface area contributed by atoms with Gasteiger partial charge in [0, 0.05) is 30.8 Å². The van der Waals surface area contributed by atoms with Gasteiger partial charge >= 0.3 is 5.97 Å². The van der Waals surface area contributed by atoms with Crippen LogP contribution in [0.5, 0.6) is 5.88 Å². The van der Waals surface area contributed by atoms with Crippen LogP contribution in [-0.4, -0.2) is 48.1 Å². The minimum atomic E-state index is -1.07. The lowest BCUT2D eigenvalue weighted by Gasteiger charge is -2.15. The molecule has 3 rings (SSSR count). The molecule has 2 aliphatic rings. The molecule has 2 fully saturated rings. The number of rotatable bonds is 6. The number of aromatic nitrogens is 1. The lowest BCUT2D eigenvalue weighted by atomic mass is 10.1. The number of pyridine rings is 1. The minimum absolute atomic E-state index is 0.0249. The van der Waals surface area contributed by atoms with E-state index in [4.69, 9.17) is 15.2 Å². The second-order valence-electron chi connectivity index (χ2n) is 6.37. The van der Waals surface area contributed by atoms with E-state index in [9.17, 15) is 9.90 Å². The van der Waals surface area contributed by atoms with Gasteiger partial charge in [-0.2, -0.15) is 4.98 Å². The smallest absolute Gasteiger partial charge is 0.341 e. The number of nitrogens with zero attached hydrogens (tertiary/aromatic N) is 2. The van der Waals surface area contributed by atoms with Gasteiger partial charge in [0.05, 0.1) is 6.61 Å². The fourth-order valence-corrected chi connectivity index (χ4v) is 3.06. The number of carboxylic acid groups (broad SMARTS) is 1. The molecule has 2 heterocycles. The van der Waals surface area contributed by atoms with Crippen molar-refractivity contribution in [3.8, 4) is 5.88 Å². The highest BCUT2D eigenvalue weighted by atomic mass is 16.5. The van der Waals surface area contributed by atoms with Crippen molar-refractivity contribution in [2.45, 2.75) is 38.2 Å². The Labute approximate surface area is 140 Å². The quantitative estimate of drug-likeness (QED) is 0.772. The molecule has 0 bridgehead atoms. The van der Waals surface area contributed by atoms with Crippen LogP contribution in [0, 0.1) is 5.92 Å². The molecule has 1 aliphatic carbocycles. The van der Waals surface area contributed by atoms with E-state index in [0.29, 0.717) is 18.0 Å². The Bertz CT molecular complexity index is 621. The highest BCUT2D eigenvalue weighted by Gasteiger charge is 2.22. The van der Waals surface area contributed by atoms with Crippen molar-refractivity contribution in [2.24, 2.45) is 10.9 Å². The molecule has 1 aromatic heterocycles. The summed E-state index contributed by atoms with van der Waals surface area (Å²) >= 11 is 0. The first-order chi connectivity index (χ1) is 11.6. The normalized spacial score (nSPS) is 21.6. The molecule has 7 heteroatoms. The summed E-state index contributed by atoms with van der Waals surface area (Å²) in [5, 5.41) is 9.43. The van der Waals surface area contributed by atoms with Gasteiger partial charge < -0.3 is 20.3 Å². The van der Waals surface area contributed by atoms with Crippen LogP contribution in [0.1, 0.15) is 48.0 Å². The molecule has 0 amide bonds. The third-order valence-electron chi connectivity index (χ3n) is 4.48. The average molecular weight is 333 g/mol. The molecule has 1 aromatic rings. The molecule has 130 valence electrons. The highest BCUT2D eigenvalue weighted by Crippen LogP contribution is 2.27. The van der Waals surface area contributed by atoms with Crippen molar-refractivity contribution in [1.82, 2.24) is 4.98 Å². The van der Waals surface area contributed by atoms with E-state index in [0.717, 1.165) is 45.3 Å². The molecule has 3 N–H and O–H groups in total. The Morgan fingerprint density at radius 2 is 2.25 bits per heavy atom. The van der Waals surface area contributed by atoms with E-state index in [1.807, 2.05) is 0 Å². The van der Waals surface area contributed by atoms with Gasteiger partial charge in [-0.05, 0) is 38.2 Å². The maximum absolute atomic E-state index is 11.5. The molecule has 1 aliphatic heterocycles. The number of carbonyl (C=O) groups is 1. The SMILES string of the molecule is Nc1nc(OC2CCCC2)c(C(=O)O)cc1C=NCC1CCOC1. The monoisotopic (exact) mass is 333 g/mol. The lowest BCUT2D eigenvalue weighted by Crippen LogP contribution is -2.16. The van der Waals surface area contributed by atoms with Gasteiger partial charge in [0.1, 0.15) is 17.5 Å². The number of ether oxygens (including phenoxy) is 2. The molecular formula is C17H23N3O4. The average Bonchev–Trinajstić information content (AvgIpc) is 3.22. The summed E-state index contributed by atoms with van der Waals surface area (Å²) in [6.45, 7) is 2.14. The number of aromatic carboxylic acids is 1. The molecule has 1 saturated carbocycles. The minimum Gasteiger partial charge on any atom is -0.477 e. The summed E-state index contributed by atoms with van der Waals surface area (Å²) in [6.07, 6.45) is 6.65. The Kier molecular flexibility index (Phi) is 5.30. The molecule has 1 atom stereocenters. The standard InChI is InChI=1S/C17H23N3O4/c18-15-12(9-19-8-11-5-6-23-10-11)7-14(17(21)22)16(20-15)24-13-3-1-2-4-13/h7,9,11,13H,1-6,8,10H2,(H2,18,20)(H,21,22). The van der Waals surface area contributed by atoms with Crippen molar-refractivity contribution < 1.29 is 19.4 Å². The summed E-state index contributed by atoms with van der Waals surface area (Å²) in [5.74, 6) is -0.318. The first-order valence-electron chi connectivity index (χ1n) is 8.41. The van der Waals surface area contributed by atoms with Gasteiger partial charge in [-0.25, -0.2) is 4.79 Å². The zero-order valence-electron chi connectivity index (χ0n) is 13.6. The van der Waals surface area contributed by atoms with Gasteiger partial charge in [0.25, 0.3) is 0 Å². The van der Waals surface area contributed by atoms with Crippen molar-refractivity contribution in [2.75, 3.05) is 25.5 Å². The number of nitrogen functional groups attached to an aromatic ring is 1. The van der Waals surface area contributed by atoms with Crippen LogP contribution in [0.2, 0.25) is 0 Å². The van der Waals surface area contributed by atoms with E-state index in [-0.39, 0.29) is 23.4 Å². The van der Waals surface area contributed by atoms with E-state index in [2.05, 4.69) is 9.98 Å². The number of anilines is 1. The van der Waals surface area contributed by atoms with Crippen molar-refractivity contribution >= 4 is 18.0 Å². The zero-order valence-corrected chi connectivity index (χ0v) is 13.6. The first-order valence-corrected chi connectivity index (χ1v) is 8.41. The maximum Gasteiger partial charge on any atom is 0.341 e. The highest BCUT2D eigenvalue weighted by molar-refractivity contribution is 5.95. The van der Waals surface area contributed by atoms with Gasteiger partial charge in [0.2, 0.25) is 5.88 Å². The maximum atomic E-state index is 11.5. The summed E-state index contributed by atoms with van der Waals surface area (Å²) in [4.78, 5) is 20.0. The largest absolute Gasteiger partial charge is 0.477 e. The Morgan fingerprint density at radius 3 is 2.92 bits per heavy atom. The molecule has 1 saturated heterocycles. The number of nitrogens with two attached hydrogens (primary N) is 1. The van der Waals surface area contributed by atoms with Crippen LogP contribution in [0.3, 0.4) is 0 Å². The van der Waals surface area contributed by atoms with Gasteiger partial charge in [0.15, 0.2) is 0 Å². The summed E-state index contributed by atoms with van der Waals surface area (Å²) in [6, 6.07) is 1.49. The van der Waals surface area contributed by atoms with Gasteiger partial charge in [-0.15, -0.1) is 0 Å². The third-order valence-corrected chi connectivity index (χ3v) is 4.48. The molecule has 0 aromatic carbocycles. The van der Waals surface area contributed by atoms with E-state index < -0.39 is 5.97 Å². The Hall–Kier alpha value is -2.15. The molecular weight excluding hydrogens is 310 g/mol. The number of hydrogen-bond acceptors (Lipinski definition) is 6. The van der Waals surface area contributed by atoms with Crippen LogP contribution < -0.4 is 10.5 Å². The Balaban J connectivity index is 1.75. The topological polar surface area (TPSA) is 107 Å². The van der Waals surface area contributed by atoms with Crippen molar-refractivity contribution in [3.05, 3.63) is 17.2 Å². The van der Waals surface area contributed by atoms with Crippen LogP contribution in [0.15, 0.2) is 11.1 Å². The van der Waals surface area contributed by atoms with Crippen molar-refractivity contribution in [3.63, 3.8) is 0 Å². The van der Waals surface area contributed by atoms with E-state index in [1.54, 1.807) is 6.21 Å². The van der Waals surface area contributed by atoms with Gasteiger partial charge in [-0.1, -0.05) is 0 Å². The molecule has 7 nitrogen and oxygen atoms in total. The molecule has 1 unspecified atom stereocenters. The fourth-order valence-electron chi connectivity index (χ4n) is 3.06. The number of hydrogen-bond donors (Lipinski definition) is 2. The van der Waals surface area contributed by atoms with Crippen molar-refractivity contribution in [1.29, 1.82) is 0 Å². The summed E-state index contributed by atoms with van der Waals surface area (Å²) < 4.78 is 11.1. The zero-order chi connectivity index (χ0) is 16.9.